The van der Waals surface area contributed by atoms with Crippen molar-refractivity contribution in [3.8, 4) is 5.75 Å². The molecule has 2 aromatic carbocycles. The average Bonchev–Trinajstić information content (AvgIpc) is 2.55. The monoisotopic (exact) mass is 297 g/mol. The molecule has 0 aliphatic heterocycles. The number of ether oxygens (including phenoxy) is 1. The molecule has 0 unspecified atom stereocenters. The van der Waals surface area contributed by atoms with E-state index in [2.05, 4.69) is 24.4 Å². The third-order valence-electron chi connectivity index (χ3n) is 3.38. The lowest BCUT2D eigenvalue weighted by Gasteiger charge is -2.09. The molecule has 2 aromatic rings. The van der Waals surface area contributed by atoms with Gasteiger partial charge in [-0.2, -0.15) is 0 Å². The van der Waals surface area contributed by atoms with E-state index in [0.717, 1.165) is 6.42 Å². The number of aryl methyl sites for hydroxylation is 1. The fourth-order valence-electron chi connectivity index (χ4n) is 2.13. The van der Waals surface area contributed by atoms with Crippen LogP contribution < -0.4 is 10.1 Å². The van der Waals surface area contributed by atoms with Crippen molar-refractivity contribution in [3.05, 3.63) is 65.2 Å². The zero-order valence-electron chi connectivity index (χ0n) is 12.5. The number of aldehydes is 1. The molecule has 0 saturated heterocycles. The molecule has 0 radical (unpaired) electrons. The molecule has 0 bridgehead atoms. The topological polar surface area (TPSA) is 55.4 Å². The largest absolute Gasteiger partial charge is 0.483 e. The van der Waals surface area contributed by atoms with Crippen molar-refractivity contribution in [2.24, 2.45) is 0 Å². The second-order valence-corrected chi connectivity index (χ2v) is 4.97. The zero-order valence-corrected chi connectivity index (χ0v) is 12.5. The summed E-state index contributed by atoms with van der Waals surface area (Å²) in [7, 11) is 0. The number of benzene rings is 2. The van der Waals surface area contributed by atoms with Crippen LogP contribution in [0.1, 0.15) is 21.5 Å². The van der Waals surface area contributed by atoms with E-state index in [-0.39, 0.29) is 12.5 Å². The molecule has 0 aromatic heterocycles. The van der Waals surface area contributed by atoms with Crippen LogP contribution in [0.2, 0.25) is 0 Å². The summed E-state index contributed by atoms with van der Waals surface area (Å²) in [5.74, 6) is 0.223. The van der Waals surface area contributed by atoms with Gasteiger partial charge in [0.15, 0.2) is 12.9 Å². The van der Waals surface area contributed by atoms with Gasteiger partial charge in [-0.15, -0.1) is 0 Å². The Kier molecular flexibility index (Phi) is 5.72. The van der Waals surface area contributed by atoms with E-state index in [9.17, 15) is 9.59 Å². The van der Waals surface area contributed by atoms with Gasteiger partial charge >= 0.3 is 0 Å². The highest BCUT2D eigenvalue weighted by Gasteiger charge is 2.06. The second-order valence-electron chi connectivity index (χ2n) is 4.97. The fraction of sp³-hybridized carbons (Fsp3) is 0.222. The minimum atomic E-state index is -0.200. The molecule has 4 nitrogen and oxygen atoms in total. The van der Waals surface area contributed by atoms with E-state index in [4.69, 9.17) is 4.74 Å². The van der Waals surface area contributed by atoms with E-state index in [1.807, 2.05) is 12.1 Å². The van der Waals surface area contributed by atoms with Gasteiger partial charge in [0.25, 0.3) is 5.91 Å². The molecule has 2 rings (SSSR count). The molecular weight excluding hydrogens is 278 g/mol. The first-order valence-corrected chi connectivity index (χ1v) is 7.19. The predicted octanol–water partition coefficient (Wildman–Crippen LogP) is 2.55. The van der Waals surface area contributed by atoms with Crippen LogP contribution >= 0.6 is 0 Å². The fourth-order valence-corrected chi connectivity index (χ4v) is 2.13. The molecule has 0 atom stereocenters. The number of rotatable bonds is 7. The van der Waals surface area contributed by atoms with E-state index >= 15 is 0 Å². The first-order chi connectivity index (χ1) is 10.7. The van der Waals surface area contributed by atoms with E-state index < -0.39 is 0 Å². The number of carbonyl (C=O) groups excluding carboxylic acids is 2. The van der Waals surface area contributed by atoms with Gasteiger partial charge in [0.2, 0.25) is 0 Å². The van der Waals surface area contributed by atoms with Crippen LogP contribution in [0.25, 0.3) is 0 Å². The van der Waals surface area contributed by atoms with Crippen LogP contribution in [0.3, 0.4) is 0 Å². The van der Waals surface area contributed by atoms with Crippen molar-refractivity contribution >= 4 is 12.2 Å². The lowest BCUT2D eigenvalue weighted by atomic mass is 10.1. The van der Waals surface area contributed by atoms with Crippen molar-refractivity contribution in [1.29, 1.82) is 0 Å². The van der Waals surface area contributed by atoms with Gasteiger partial charge in [-0.1, -0.05) is 36.4 Å². The Bertz CT molecular complexity index is 652. The predicted molar refractivity (Wildman–Crippen MR) is 85.2 cm³/mol. The number of hydrogen-bond acceptors (Lipinski definition) is 3. The Morgan fingerprint density at radius 2 is 1.86 bits per heavy atom. The van der Waals surface area contributed by atoms with Crippen molar-refractivity contribution in [1.82, 2.24) is 5.32 Å². The van der Waals surface area contributed by atoms with Crippen LogP contribution in [0.4, 0.5) is 0 Å². The van der Waals surface area contributed by atoms with Gasteiger partial charge in [-0.3, -0.25) is 9.59 Å². The maximum atomic E-state index is 11.8. The molecule has 0 heterocycles. The van der Waals surface area contributed by atoms with E-state index in [1.165, 1.54) is 11.1 Å². The summed E-state index contributed by atoms with van der Waals surface area (Å²) in [6.07, 6.45) is 1.49. The third-order valence-corrected chi connectivity index (χ3v) is 3.38. The minimum absolute atomic E-state index is 0.0986. The highest BCUT2D eigenvalue weighted by atomic mass is 16.5. The first-order valence-electron chi connectivity index (χ1n) is 7.19. The Labute approximate surface area is 130 Å². The van der Waals surface area contributed by atoms with E-state index in [0.29, 0.717) is 24.1 Å². The van der Waals surface area contributed by atoms with Gasteiger partial charge in [0.1, 0.15) is 5.75 Å². The number of carbonyl (C=O) groups is 2. The van der Waals surface area contributed by atoms with Crippen LogP contribution in [-0.2, 0) is 11.2 Å². The Morgan fingerprint density at radius 3 is 2.64 bits per heavy atom. The van der Waals surface area contributed by atoms with Crippen molar-refractivity contribution < 1.29 is 14.3 Å². The van der Waals surface area contributed by atoms with Gasteiger partial charge in [-0.05, 0) is 36.6 Å². The highest BCUT2D eigenvalue weighted by molar-refractivity contribution is 5.80. The summed E-state index contributed by atoms with van der Waals surface area (Å²) in [6, 6.07) is 14.9. The van der Waals surface area contributed by atoms with Crippen LogP contribution in [0.15, 0.2) is 48.5 Å². The summed E-state index contributed by atoms with van der Waals surface area (Å²) >= 11 is 0. The highest BCUT2D eigenvalue weighted by Crippen LogP contribution is 2.15. The second kappa shape index (κ2) is 7.98. The average molecular weight is 297 g/mol. The van der Waals surface area contributed by atoms with Crippen LogP contribution in [0, 0.1) is 6.92 Å². The van der Waals surface area contributed by atoms with Gasteiger partial charge in [0.05, 0.1) is 5.56 Å². The molecule has 0 fully saturated rings. The third kappa shape index (κ3) is 4.45. The Balaban J connectivity index is 1.77. The first kappa shape index (κ1) is 15.8. The molecule has 0 saturated carbocycles. The Morgan fingerprint density at radius 1 is 1.14 bits per heavy atom. The van der Waals surface area contributed by atoms with Crippen LogP contribution in [-0.4, -0.2) is 25.3 Å². The van der Waals surface area contributed by atoms with Gasteiger partial charge in [-0.25, -0.2) is 0 Å². The molecular formula is C18H19NO3. The van der Waals surface area contributed by atoms with E-state index in [1.54, 1.807) is 24.3 Å². The molecule has 4 heteroatoms. The summed E-state index contributed by atoms with van der Waals surface area (Å²) in [6.45, 7) is 2.51. The summed E-state index contributed by atoms with van der Waals surface area (Å²) in [5, 5.41) is 2.81. The Hall–Kier alpha value is -2.62. The lowest BCUT2D eigenvalue weighted by Crippen LogP contribution is -2.30. The quantitative estimate of drug-likeness (QED) is 0.799. The SMILES string of the molecule is Cc1ccccc1CCNC(=O)COc1ccccc1C=O. The number of hydrogen-bond donors (Lipinski definition) is 1. The molecule has 0 aliphatic carbocycles. The molecule has 22 heavy (non-hydrogen) atoms. The maximum Gasteiger partial charge on any atom is 0.257 e. The normalized spacial score (nSPS) is 10.0. The molecule has 1 amide bonds. The van der Waals surface area contributed by atoms with Gasteiger partial charge in [0, 0.05) is 6.54 Å². The number of nitrogens with one attached hydrogen (secondary N) is 1. The molecule has 0 spiro atoms. The van der Waals surface area contributed by atoms with Crippen molar-refractivity contribution in [3.63, 3.8) is 0 Å². The van der Waals surface area contributed by atoms with Crippen LogP contribution in [0.5, 0.6) is 5.75 Å². The summed E-state index contributed by atoms with van der Waals surface area (Å²) < 4.78 is 5.37. The maximum absolute atomic E-state index is 11.8. The summed E-state index contributed by atoms with van der Waals surface area (Å²) in [5.41, 5.74) is 2.87. The minimum Gasteiger partial charge on any atom is -0.483 e. The number of amides is 1. The van der Waals surface area contributed by atoms with Crippen molar-refractivity contribution in [2.45, 2.75) is 13.3 Å². The summed E-state index contributed by atoms with van der Waals surface area (Å²) in [4.78, 5) is 22.6. The number of para-hydroxylation sites is 1. The molecule has 1 N–H and O–H groups in total. The standard InChI is InChI=1S/C18H19NO3/c1-14-6-2-3-7-15(14)10-11-19-18(21)13-22-17-9-5-4-8-16(17)12-20/h2-9,12H,10-11,13H2,1H3,(H,19,21). The van der Waals surface area contributed by atoms with Gasteiger partial charge < -0.3 is 10.1 Å². The molecule has 0 aliphatic rings. The molecule has 114 valence electrons. The zero-order chi connectivity index (χ0) is 15.8. The lowest BCUT2D eigenvalue weighted by molar-refractivity contribution is -0.123. The smallest absolute Gasteiger partial charge is 0.257 e. The van der Waals surface area contributed by atoms with Crippen molar-refractivity contribution in [2.75, 3.05) is 13.2 Å².